The van der Waals surface area contributed by atoms with E-state index in [0.717, 1.165) is 41.0 Å². The van der Waals surface area contributed by atoms with Crippen LogP contribution in [0.4, 0.5) is 0 Å². The van der Waals surface area contributed by atoms with E-state index in [0.29, 0.717) is 4.83 Å². The fourth-order valence-electron chi connectivity index (χ4n) is 4.79. The van der Waals surface area contributed by atoms with Gasteiger partial charge in [-0.05, 0) is 66.9 Å². The number of alkyl halides is 1. The Morgan fingerprint density at radius 2 is 2.06 bits per heavy atom. The molecule has 1 aromatic rings. The molecule has 0 saturated heterocycles. The van der Waals surface area contributed by atoms with Gasteiger partial charge in [0, 0.05) is 17.2 Å². The lowest BCUT2D eigenvalue weighted by molar-refractivity contribution is 0.455. The highest BCUT2D eigenvalue weighted by atomic mass is 79.9. The summed E-state index contributed by atoms with van der Waals surface area (Å²) in [6.45, 7) is 0. The molecule has 3 aliphatic carbocycles. The minimum Gasteiger partial charge on any atom is -0.263 e. The molecule has 1 heterocycles. The van der Waals surface area contributed by atoms with Crippen molar-refractivity contribution >= 4 is 27.5 Å². The molecule has 18 heavy (non-hydrogen) atoms. The van der Waals surface area contributed by atoms with E-state index < -0.39 is 0 Å². The number of fused-ring (bicyclic) bond motifs is 5. The van der Waals surface area contributed by atoms with E-state index in [-0.39, 0.29) is 0 Å². The molecular weight excluding hydrogens is 310 g/mol. The first-order valence-corrected chi connectivity index (χ1v) is 8.27. The van der Waals surface area contributed by atoms with E-state index in [9.17, 15) is 0 Å². The van der Waals surface area contributed by atoms with Crippen LogP contribution in [0.2, 0.25) is 5.02 Å². The molecule has 96 valence electrons. The molecule has 3 saturated carbocycles. The van der Waals surface area contributed by atoms with Gasteiger partial charge < -0.3 is 0 Å². The highest BCUT2D eigenvalue weighted by Gasteiger charge is 2.66. The maximum absolute atomic E-state index is 6.20. The van der Waals surface area contributed by atoms with Crippen molar-refractivity contribution in [1.29, 1.82) is 0 Å². The molecule has 1 aromatic heterocycles. The Kier molecular flexibility index (Phi) is 2.74. The molecular formula is C15H17BrClN. The minimum atomic E-state index is 0.607. The first kappa shape index (κ1) is 11.7. The molecule has 0 spiro atoms. The molecule has 2 bridgehead atoms. The van der Waals surface area contributed by atoms with Gasteiger partial charge in [0.15, 0.2) is 0 Å². The average Bonchev–Trinajstić information content (AvgIpc) is 2.82. The quantitative estimate of drug-likeness (QED) is 0.753. The van der Waals surface area contributed by atoms with Crippen molar-refractivity contribution in [3.63, 3.8) is 0 Å². The normalized spacial score (nSPS) is 41.8. The first-order chi connectivity index (χ1) is 8.75. The number of rotatable bonds is 3. The van der Waals surface area contributed by atoms with Crippen molar-refractivity contribution in [2.24, 2.45) is 29.6 Å². The SMILES string of the molecule is Clc1cnccc1CC(Br)C1C2C3CCC(C3)C12. The summed E-state index contributed by atoms with van der Waals surface area (Å²) in [5.41, 5.74) is 1.24. The molecule has 0 amide bonds. The van der Waals surface area contributed by atoms with E-state index >= 15 is 0 Å². The van der Waals surface area contributed by atoms with Crippen molar-refractivity contribution in [2.45, 2.75) is 30.5 Å². The fourth-order valence-corrected chi connectivity index (χ4v) is 6.04. The molecule has 3 aliphatic rings. The topological polar surface area (TPSA) is 12.9 Å². The Labute approximate surface area is 121 Å². The van der Waals surface area contributed by atoms with Crippen LogP contribution in [0.1, 0.15) is 24.8 Å². The lowest BCUT2D eigenvalue weighted by Crippen LogP contribution is -2.12. The summed E-state index contributed by atoms with van der Waals surface area (Å²) in [6.07, 6.45) is 9.18. The Bertz CT molecular complexity index is 461. The van der Waals surface area contributed by atoms with Crippen LogP contribution in [0.15, 0.2) is 18.5 Å². The van der Waals surface area contributed by atoms with E-state index in [2.05, 4.69) is 27.0 Å². The Hall–Kier alpha value is -0.0800. The zero-order chi connectivity index (χ0) is 12.3. The van der Waals surface area contributed by atoms with Crippen LogP contribution in [-0.2, 0) is 6.42 Å². The molecule has 4 rings (SSSR count). The summed E-state index contributed by atoms with van der Waals surface area (Å²) in [7, 11) is 0. The number of pyridine rings is 1. The zero-order valence-corrected chi connectivity index (χ0v) is 12.6. The van der Waals surface area contributed by atoms with Crippen molar-refractivity contribution < 1.29 is 0 Å². The molecule has 0 radical (unpaired) electrons. The predicted molar refractivity (Wildman–Crippen MR) is 77.0 cm³/mol. The van der Waals surface area contributed by atoms with Gasteiger partial charge in [-0.3, -0.25) is 4.98 Å². The lowest BCUT2D eigenvalue weighted by atomic mass is 9.97. The second-order valence-corrected chi connectivity index (χ2v) is 7.84. The number of nitrogens with zero attached hydrogens (tertiary/aromatic N) is 1. The summed E-state index contributed by atoms with van der Waals surface area (Å²) in [4.78, 5) is 4.66. The third-order valence-corrected chi connectivity index (χ3v) is 6.76. The third kappa shape index (κ3) is 1.68. The monoisotopic (exact) mass is 325 g/mol. The van der Waals surface area contributed by atoms with E-state index in [1.165, 1.54) is 24.8 Å². The van der Waals surface area contributed by atoms with E-state index in [4.69, 9.17) is 11.6 Å². The third-order valence-electron chi connectivity index (χ3n) is 5.48. The van der Waals surface area contributed by atoms with Gasteiger partial charge in [-0.1, -0.05) is 27.5 Å². The highest BCUT2D eigenvalue weighted by Crippen LogP contribution is 2.71. The van der Waals surface area contributed by atoms with Crippen molar-refractivity contribution in [3.05, 3.63) is 29.0 Å². The Morgan fingerprint density at radius 3 is 2.72 bits per heavy atom. The van der Waals surface area contributed by atoms with Crippen LogP contribution in [0, 0.1) is 29.6 Å². The molecule has 1 nitrogen and oxygen atoms in total. The summed E-state index contributed by atoms with van der Waals surface area (Å²) < 4.78 is 0. The largest absolute Gasteiger partial charge is 0.263 e. The molecule has 5 atom stereocenters. The standard InChI is InChI=1S/C15H17BrClN/c16-11(6-8-3-4-18-7-12(8)17)15-13-9-1-2-10(5-9)14(13)15/h3-4,7,9-11,13-15H,1-2,5-6H2. The van der Waals surface area contributed by atoms with Gasteiger partial charge in [0.05, 0.1) is 5.02 Å². The maximum atomic E-state index is 6.20. The second-order valence-electron chi connectivity index (χ2n) is 6.25. The number of hydrogen-bond donors (Lipinski definition) is 0. The van der Waals surface area contributed by atoms with Gasteiger partial charge >= 0.3 is 0 Å². The summed E-state index contributed by atoms with van der Waals surface area (Å²) in [5, 5.41) is 0.815. The summed E-state index contributed by atoms with van der Waals surface area (Å²) >= 11 is 10.1. The smallest absolute Gasteiger partial charge is 0.0621 e. The number of hydrogen-bond acceptors (Lipinski definition) is 1. The van der Waals surface area contributed by atoms with Crippen molar-refractivity contribution in [2.75, 3.05) is 0 Å². The molecule has 0 aromatic carbocycles. The molecule has 0 aliphatic heterocycles. The van der Waals surface area contributed by atoms with E-state index in [1.54, 1.807) is 6.20 Å². The van der Waals surface area contributed by atoms with Crippen molar-refractivity contribution in [3.8, 4) is 0 Å². The van der Waals surface area contributed by atoms with Crippen LogP contribution in [0.5, 0.6) is 0 Å². The van der Waals surface area contributed by atoms with Crippen LogP contribution in [0.3, 0.4) is 0 Å². The maximum Gasteiger partial charge on any atom is 0.0621 e. The highest BCUT2D eigenvalue weighted by molar-refractivity contribution is 9.09. The van der Waals surface area contributed by atoms with Crippen LogP contribution in [-0.4, -0.2) is 9.81 Å². The molecule has 3 heteroatoms. The van der Waals surface area contributed by atoms with Gasteiger partial charge in [0.1, 0.15) is 0 Å². The van der Waals surface area contributed by atoms with Gasteiger partial charge in [0.25, 0.3) is 0 Å². The van der Waals surface area contributed by atoms with Crippen molar-refractivity contribution in [1.82, 2.24) is 4.98 Å². The van der Waals surface area contributed by atoms with Gasteiger partial charge in [-0.25, -0.2) is 0 Å². The fraction of sp³-hybridized carbons (Fsp3) is 0.667. The van der Waals surface area contributed by atoms with Crippen LogP contribution < -0.4 is 0 Å². The van der Waals surface area contributed by atoms with Gasteiger partial charge in [0.2, 0.25) is 0 Å². The number of aromatic nitrogens is 1. The molecule has 5 unspecified atom stereocenters. The van der Waals surface area contributed by atoms with Gasteiger partial charge in [-0.15, -0.1) is 0 Å². The summed E-state index contributed by atoms with van der Waals surface area (Å²) in [5.74, 6) is 5.10. The lowest BCUT2D eigenvalue weighted by Gasteiger charge is -2.15. The number of halogens is 2. The minimum absolute atomic E-state index is 0.607. The first-order valence-electron chi connectivity index (χ1n) is 6.98. The average molecular weight is 327 g/mol. The second kappa shape index (κ2) is 4.21. The van der Waals surface area contributed by atoms with Crippen LogP contribution >= 0.6 is 27.5 Å². The zero-order valence-electron chi connectivity index (χ0n) is 10.2. The van der Waals surface area contributed by atoms with Gasteiger partial charge in [-0.2, -0.15) is 0 Å². The Morgan fingerprint density at radius 1 is 1.33 bits per heavy atom. The van der Waals surface area contributed by atoms with E-state index in [1.807, 2.05) is 6.20 Å². The molecule has 0 N–H and O–H groups in total. The summed E-state index contributed by atoms with van der Waals surface area (Å²) in [6, 6.07) is 2.06. The molecule has 3 fully saturated rings. The van der Waals surface area contributed by atoms with Crippen LogP contribution in [0.25, 0.3) is 0 Å². The predicted octanol–water partition coefficient (Wildman–Crippen LogP) is 4.33. The Balaban J connectivity index is 1.47.